The minimum absolute atomic E-state index is 0.111. The molecule has 22 heavy (non-hydrogen) atoms. The van der Waals surface area contributed by atoms with Gasteiger partial charge >= 0.3 is 0 Å². The van der Waals surface area contributed by atoms with E-state index in [1.807, 2.05) is 19.1 Å². The smallest absolute Gasteiger partial charge is 0.0919 e. The summed E-state index contributed by atoms with van der Waals surface area (Å²) in [4.78, 5) is 8.48. The summed E-state index contributed by atoms with van der Waals surface area (Å²) in [6, 6.07) is 3.80. The van der Waals surface area contributed by atoms with E-state index in [2.05, 4.69) is 29.1 Å². The first-order valence-corrected chi connectivity index (χ1v) is 7.74. The predicted octanol–water partition coefficient (Wildman–Crippen LogP) is 2.61. The number of ether oxygens (including phenoxy) is 1. The van der Waals surface area contributed by atoms with Gasteiger partial charge in [-0.1, -0.05) is 13.8 Å². The Balaban J connectivity index is 1.75. The van der Waals surface area contributed by atoms with Gasteiger partial charge in [0.05, 0.1) is 17.2 Å². The van der Waals surface area contributed by atoms with Crippen LogP contribution in [-0.4, -0.2) is 39.9 Å². The van der Waals surface area contributed by atoms with Crippen LogP contribution in [0.1, 0.15) is 27.2 Å². The number of nitrogens with one attached hydrogen (secondary N) is 1. The SMILES string of the molecule is CCOC1CC(O)(CNc2ccnc3ccncc23)C1(C)C. The van der Waals surface area contributed by atoms with Gasteiger partial charge in [0, 0.05) is 54.7 Å². The highest BCUT2D eigenvalue weighted by molar-refractivity contribution is 5.90. The van der Waals surface area contributed by atoms with Crippen LogP contribution in [0.5, 0.6) is 0 Å². The van der Waals surface area contributed by atoms with Gasteiger partial charge < -0.3 is 15.2 Å². The van der Waals surface area contributed by atoms with Gasteiger partial charge in [-0.3, -0.25) is 9.97 Å². The third-order valence-electron chi connectivity index (χ3n) is 5.01. The molecule has 1 aliphatic carbocycles. The van der Waals surface area contributed by atoms with Crippen LogP contribution in [0.2, 0.25) is 0 Å². The number of hydrogen-bond donors (Lipinski definition) is 2. The molecule has 118 valence electrons. The van der Waals surface area contributed by atoms with Crippen LogP contribution in [0.4, 0.5) is 5.69 Å². The molecular formula is C17H23N3O2. The van der Waals surface area contributed by atoms with Gasteiger partial charge in [0.15, 0.2) is 0 Å². The molecule has 2 atom stereocenters. The van der Waals surface area contributed by atoms with Crippen molar-refractivity contribution >= 4 is 16.6 Å². The summed E-state index contributed by atoms with van der Waals surface area (Å²) in [5, 5.41) is 15.2. The fourth-order valence-corrected chi connectivity index (χ4v) is 3.15. The maximum Gasteiger partial charge on any atom is 0.0919 e. The van der Waals surface area contributed by atoms with Gasteiger partial charge in [0.1, 0.15) is 0 Å². The second-order valence-corrected chi connectivity index (χ2v) is 6.51. The Morgan fingerprint density at radius 1 is 1.36 bits per heavy atom. The van der Waals surface area contributed by atoms with Crippen molar-refractivity contribution in [2.24, 2.45) is 5.41 Å². The number of rotatable bonds is 5. The van der Waals surface area contributed by atoms with Crippen molar-refractivity contribution in [3.05, 3.63) is 30.7 Å². The molecule has 0 aromatic carbocycles. The molecular weight excluding hydrogens is 278 g/mol. The summed E-state index contributed by atoms with van der Waals surface area (Å²) in [7, 11) is 0. The van der Waals surface area contributed by atoms with Gasteiger partial charge in [0.25, 0.3) is 0 Å². The van der Waals surface area contributed by atoms with Crippen LogP contribution in [-0.2, 0) is 4.74 Å². The van der Waals surface area contributed by atoms with E-state index in [1.165, 1.54) is 0 Å². The number of nitrogens with zero attached hydrogens (tertiary/aromatic N) is 2. The number of anilines is 1. The average Bonchev–Trinajstić information content (AvgIpc) is 2.52. The van der Waals surface area contributed by atoms with Crippen LogP contribution < -0.4 is 5.32 Å². The van der Waals surface area contributed by atoms with Crippen molar-refractivity contribution in [2.45, 2.75) is 38.9 Å². The van der Waals surface area contributed by atoms with Crippen LogP contribution in [0.3, 0.4) is 0 Å². The van der Waals surface area contributed by atoms with E-state index in [-0.39, 0.29) is 11.5 Å². The Morgan fingerprint density at radius 2 is 2.18 bits per heavy atom. The molecule has 2 heterocycles. The maximum absolute atomic E-state index is 10.9. The van der Waals surface area contributed by atoms with E-state index in [4.69, 9.17) is 4.74 Å². The molecule has 2 N–H and O–H groups in total. The minimum Gasteiger partial charge on any atom is -0.387 e. The average molecular weight is 301 g/mol. The molecule has 5 heteroatoms. The zero-order valence-electron chi connectivity index (χ0n) is 13.3. The van der Waals surface area contributed by atoms with Crippen LogP contribution in [0.15, 0.2) is 30.7 Å². The summed E-state index contributed by atoms with van der Waals surface area (Å²) in [6.07, 6.45) is 6.06. The van der Waals surface area contributed by atoms with Crippen molar-refractivity contribution in [3.8, 4) is 0 Å². The molecule has 0 saturated heterocycles. The number of pyridine rings is 2. The third-order valence-corrected chi connectivity index (χ3v) is 5.01. The normalized spacial score (nSPS) is 26.6. The van der Waals surface area contributed by atoms with Gasteiger partial charge in [0.2, 0.25) is 0 Å². The quantitative estimate of drug-likeness (QED) is 0.888. The molecule has 3 rings (SSSR count). The molecule has 2 unspecified atom stereocenters. The summed E-state index contributed by atoms with van der Waals surface area (Å²) in [5.74, 6) is 0. The molecule has 2 aromatic heterocycles. The van der Waals surface area contributed by atoms with E-state index in [1.54, 1.807) is 18.6 Å². The van der Waals surface area contributed by atoms with E-state index < -0.39 is 5.60 Å². The molecule has 1 aliphatic rings. The van der Waals surface area contributed by atoms with Gasteiger partial charge in [-0.2, -0.15) is 0 Å². The fraction of sp³-hybridized carbons (Fsp3) is 0.529. The molecule has 0 amide bonds. The van der Waals surface area contributed by atoms with Crippen LogP contribution in [0, 0.1) is 5.41 Å². The van der Waals surface area contributed by atoms with Gasteiger partial charge in [-0.05, 0) is 19.1 Å². The second-order valence-electron chi connectivity index (χ2n) is 6.51. The number of aliphatic hydroxyl groups is 1. The lowest BCUT2D eigenvalue weighted by atomic mass is 9.56. The first-order chi connectivity index (χ1) is 10.5. The molecule has 0 bridgehead atoms. The van der Waals surface area contributed by atoms with Crippen molar-refractivity contribution in [2.75, 3.05) is 18.5 Å². The molecule has 1 fully saturated rings. The van der Waals surface area contributed by atoms with E-state index in [9.17, 15) is 5.11 Å². The first kappa shape index (κ1) is 15.2. The third kappa shape index (κ3) is 2.34. The van der Waals surface area contributed by atoms with Crippen molar-refractivity contribution in [1.82, 2.24) is 9.97 Å². The van der Waals surface area contributed by atoms with Gasteiger partial charge in [-0.15, -0.1) is 0 Å². The van der Waals surface area contributed by atoms with E-state index in [0.717, 1.165) is 16.6 Å². The zero-order chi connectivity index (χ0) is 15.8. The number of hydrogen-bond acceptors (Lipinski definition) is 5. The predicted molar refractivity (Wildman–Crippen MR) is 86.8 cm³/mol. The van der Waals surface area contributed by atoms with Crippen molar-refractivity contribution in [1.29, 1.82) is 0 Å². The minimum atomic E-state index is -0.773. The Hall–Kier alpha value is -1.72. The Kier molecular flexibility index (Phi) is 3.78. The second kappa shape index (κ2) is 5.48. The largest absolute Gasteiger partial charge is 0.387 e. The van der Waals surface area contributed by atoms with E-state index >= 15 is 0 Å². The lowest BCUT2D eigenvalue weighted by molar-refractivity contribution is -0.233. The highest BCUT2D eigenvalue weighted by Gasteiger charge is 2.59. The van der Waals surface area contributed by atoms with Crippen molar-refractivity contribution in [3.63, 3.8) is 0 Å². The van der Waals surface area contributed by atoms with Gasteiger partial charge in [-0.25, -0.2) is 0 Å². The lowest BCUT2D eigenvalue weighted by Crippen LogP contribution is -2.67. The number of fused-ring (bicyclic) bond motifs is 1. The Bertz CT molecular complexity index is 669. The molecule has 2 aromatic rings. The van der Waals surface area contributed by atoms with Crippen LogP contribution in [0.25, 0.3) is 10.9 Å². The molecule has 0 spiro atoms. The standard InChI is InChI=1S/C17H23N3O2/c1-4-22-15-9-17(21,16(15,2)3)11-20-14-6-8-19-13-5-7-18-10-12(13)14/h5-8,10,15,21H,4,9,11H2,1-3H3,(H,19,20). The number of aromatic nitrogens is 2. The van der Waals surface area contributed by atoms with Crippen molar-refractivity contribution < 1.29 is 9.84 Å². The van der Waals surface area contributed by atoms with E-state index in [0.29, 0.717) is 19.6 Å². The molecule has 1 saturated carbocycles. The zero-order valence-corrected chi connectivity index (χ0v) is 13.3. The first-order valence-electron chi connectivity index (χ1n) is 7.74. The monoisotopic (exact) mass is 301 g/mol. The topological polar surface area (TPSA) is 67.3 Å². The lowest BCUT2D eigenvalue weighted by Gasteiger charge is -2.58. The van der Waals surface area contributed by atoms with Crippen LogP contribution >= 0.6 is 0 Å². The highest BCUT2D eigenvalue weighted by atomic mass is 16.5. The highest BCUT2D eigenvalue weighted by Crippen LogP contribution is 2.51. The summed E-state index contributed by atoms with van der Waals surface area (Å²) in [5.41, 5.74) is 0.802. The fourth-order valence-electron chi connectivity index (χ4n) is 3.15. The molecule has 5 nitrogen and oxygen atoms in total. The Morgan fingerprint density at radius 3 is 2.91 bits per heavy atom. The molecule has 0 aliphatic heterocycles. The Labute approximate surface area is 130 Å². The maximum atomic E-state index is 10.9. The molecule has 0 radical (unpaired) electrons. The summed E-state index contributed by atoms with van der Waals surface area (Å²) < 4.78 is 5.70. The summed E-state index contributed by atoms with van der Waals surface area (Å²) >= 11 is 0. The summed E-state index contributed by atoms with van der Waals surface area (Å²) in [6.45, 7) is 7.27.